The molecule has 8 nitrogen and oxygen atoms in total. The maximum Gasteiger partial charge on any atom is 0.358 e. The van der Waals surface area contributed by atoms with Gasteiger partial charge in [-0.1, -0.05) is 48.5 Å². The lowest BCUT2D eigenvalue weighted by molar-refractivity contribution is -0.420. The minimum atomic E-state index is -1.78. The second-order valence-electron chi connectivity index (χ2n) is 6.90. The number of nitrogens with zero attached hydrogens (tertiary/aromatic N) is 3. The Labute approximate surface area is 159 Å². The maximum atomic E-state index is 13.2. The van der Waals surface area contributed by atoms with Gasteiger partial charge in [0, 0.05) is 25.2 Å². The Bertz CT molecular complexity index is 1060. The van der Waals surface area contributed by atoms with Crippen LogP contribution in [0.4, 0.5) is 0 Å². The van der Waals surface area contributed by atoms with E-state index in [9.17, 15) is 19.7 Å². The minimum Gasteiger partial charge on any atom is -0.422 e. The van der Waals surface area contributed by atoms with Crippen LogP contribution in [0, 0.1) is 10.1 Å². The first-order valence-electron chi connectivity index (χ1n) is 8.87. The van der Waals surface area contributed by atoms with Gasteiger partial charge in [-0.3, -0.25) is 14.9 Å². The number of ketones is 1. The molecule has 0 aliphatic carbocycles. The van der Waals surface area contributed by atoms with Gasteiger partial charge in [0.25, 0.3) is 5.72 Å². The van der Waals surface area contributed by atoms with Crippen molar-refractivity contribution in [3.05, 3.63) is 92.9 Å². The van der Waals surface area contributed by atoms with E-state index in [0.29, 0.717) is 25.2 Å². The molecule has 2 aromatic carbocycles. The molecule has 2 aromatic rings. The molecule has 0 bridgehead atoms. The molecule has 0 aromatic heterocycles. The molecule has 0 saturated carbocycles. The van der Waals surface area contributed by atoms with E-state index in [1.54, 1.807) is 34.1 Å². The van der Waals surface area contributed by atoms with Crippen LogP contribution in [0.2, 0.25) is 0 Å². The molecule has 5 rings (SSSR count). The van der Waals surface area contributed by atoms with E-state index in [1.807, 2.05) is 30.3 Å². The molecule has 0 radical (unpaired) electrons. The van der Waals surface area contributed by atoms with E-state index >= 15 is 0 Å². The van der Waals surface area contributed by atoms with E-state index in [1.165, 1.54) is 0 Å². The van der Waals surface area contributed by atoms with Gasteiger partial charge in [0.15, 0.2) is 5.82 Å². The average Bonchev–Trinajstić information content (AvgIpc) is 3.30. The molecule has 0 amide bonds. The number of hydrogen-bond acceptors (Lipinski definition) is 7. The SMILES string of the molecule is O=C1OC2(C(=O)C([N+](=O)[O-])=C3N(Cc4ccccc4)CCN32)c2ccccc21. The van der Waals surface area contributed by atoms with Gasteiger partial charge in [0.1, 0.15) is 0 Å². The van der Waals surface area contributed by atoms with Crippen molar-refractivity contribution in [1.82, 2.24) is 9.80 Å². The zero-order chi connectivity index (χ0) is 19.5. The molecular weight excluding hydrogens is 362 g/mol. The van der Waals surface area contributed by atoms with Crippen molar-refractivity contribution in [2.75, 3.05) is 13.1 Å². The number of esters is 1. The molecule has 0 N–H and O–H groups in total. The summed E-state index contributed by atoms with van der Waals surface area (Å²) in [4.78, 5) is 40.2. The number of hydrogen-bond donors (Lipinski definition) is 0. The maximum absolute atomic E-state index is 13.2. The third kappa shape index (κ3) is 1.99. The van der Waals surface area contributed by atoms with Crippen molar-refractivity contribution in [3.8, 4) is 0 Å². The fourth-order valence-corrected chi connectivity index (χ4v) is 4.26. The van der Waals surface area contributed by atoms with Crippen LogP contribution in [0.25, 0.3) is 0 Å². The number of carbonyl (C=O) groups is 2. The highest BCUT2D eigenvalue weighted by atomic mass is 16.6. The van der Waals surface area contributed by atoms with Crippen LogP contribution in [0.5, 0.6) is 0 Å². The number of fused-ring (bicyclic) bond motifs is 4. The molecule has 3 aliphatic heterocycles. The molecule has 1 spiro atoms. The van der Waals surface area contributed by atoms with Crippen LogP contribution in [-0.4, -0.2) is 39.6 Å². The first kappa shape index (κ1) is 16.5. The number of Topliss-reactive ketones (excluding diaryl/α,β-unsaturated/α-hetero) is 1. The molecule has 3 aliphatic rings. The smallest absolute Gasteiger partial charge is 0.358 e. The Morgan fingerprint density at radius 1 is 1.04 bits per heavy atom. The number of rotatable bonds is 3. The van der Waals surface area contributed by atoms with Crippen molar-refractivity contribution in [2.45, 2.75) is 12.3 Å². The van der Waals surface area contributed by atoms with Gasteiger partial charge in [0.2, 0.25) is 0 Å². The molecule has 140 valence electrons. The molecule has 8 heteroatoms. The lowest BCUT2D eigenvalue weighted by atomic mass is 9.95. The van der Waals surface area contributed by atoms with E-state index in [-0.39, 0.29) is 11.4 Å². The number of carbonyl (C=O) groups excluding carboxylic acids is 2. The Kier molecular flexibility index (Phi) is 3.33. The number of benzene rings is 2. The normalized spacial score (nSPS) is 22.7. The van der Waals surface area contributed by atoms with Crippen LogP contribution in [0.15, 0.2) is 66.1 Å². The molecule has 1 fully saturated rings. The Balaban J connectivity index is 1.63. The number of nitro groups is 1. The summed E-state index contributed by atoms with van der Waals surface area (Å²) in [5.41, 5.74) is -0.714. The quantitative estimate of drug-likeness (QED) is 0.458. The monoisotopic (exact) mass is 377 g/mol. The lowest BCUT2D eigenvalue weighted by Gasteiger charge is -2.31. The van der Waals surface area contributed by atoms with Gasteiger partial charge in [-0.25, -0.2) is 4.79 Å². The first-order valence-corrected chi connectivity index (χ1v) is 8.87. The van der Waals surface area contributed by atoms with Crippen LogP contribution < -0.4 is 0 Å². The summed E-state index contributed by atoms with van der Waals surface area (Å²) in [7, 11) is 0. The van der Waals surface area contributed by atoms with Gasteiger partial charge < -0.3 is 14.5 Å². The van der Waals surface area contributed by atoms with Crippen molar-refractivity contribution in [2.24, 2.45) is 0 Å². The van der Waals surface area contributed by atoms with Crippen molar-refractivity contribution in [1.29, 1.82) is 0 Å². The highest BCUT2D eigenvalue weighted by Crippen LogP contribution is 2.50. The third-order valence-electron chi connectivity index (χ3n) is 5.41. The minimum absolute atomic E-state index is 0.211. The average molecular weight is 377 g/mol. The molecule has 1 atom stereocenters. The van der Waals surface area contributed by atoms with E-state index in [0.717, 1.165) is 5.56 Å². The summed E-state index contributed by atoms with van der Waals surface area (Å²) in [6.45, 7) is 1.24. The zero-order valence-electron chi connectivity index (χ0n) is 14.7. The largest absolute Gasteiger partial charge is 0.422 e. The summed E-state index contributed by atoms with van der Waals surface area (Å²) in [5.74, 6) is -1.23. The zero-order valence-corrected chi connectivity index (χ0v) is 14.7. The summed E-state index contributed by atoms with van der Waals surface area (Å²) in [6, 6.07) is 16.1. The van der Waals surface area contributed by atoms with Gasteiger partial charge in [0.05, 0.1) is 10.5 Å². The van der Waals surface area contributed by atoms with E-state index in [4.69, 9.17) is 4.74 Å². The second-order valence-corrected chi connectivity index (χ2v) is 6.90. The molecular formula is C20H15N3O5. The Hall–Kier alpha value is -3.68. The van der Waals surface area contributed by atoms with Crippen LogP contribution in [0.3, 0.4) is 0 Å². The molecule has 3 heterocycles. The first-order chi connectivity index (χ1) is 13.5. The van der Waals surface area contributed by atoms with Crippen LogP contribution in [0.1, 0.15) is 21.5 Å². The summed E-state index contributed by atoms with van der Waals surface area (Å²) in [5, 5.41) is 11.8. The predicted molar refractivity (Wildman–Crippen MR) is 96.1 cm³/mol. The third-order valence-corrected chi connectivity index (χ3v) is 5.41. The van der Waals surface area contributed by atoms with Gasteiger partial charge in [-0.15, -0.1) is 0 Å². The fraction of sp³-hybridized carbons (Fsp3) is 0.200. The standard InChI is InChI=1S/C20H15N3O5/c24-17-16(23(26)27)18-21(12-13-6-2-1-3-7-13)10-11-22(18)20(17)15-9-5-4-8-14(15)19(25)28-20/h1-9H,10-12H2. The van der Waals surface area contributed by atoms with Gasteiger partial charge in [-0.05, 0) is 11.6 Å². The second kappa shape index (κ2) is 5.66. The Morgan fingerprint density at radius 2 is 1.75 bits per heavy atom. The van der Waals surface area contributed by atoms with E-state index in [2.05, 4.69) is 0 Å². The summed E-state index contributed by atoms with van der Waals surface area (Å²) in [6.07, 6.45) is 0. The van der Waals surface area contributed by atoms with Crippen molar-refractivity contribution < 1.29 is 19.2 Å². The van der Waals surface area contributed by atoms with E-state index < -0.39 is 28.1 Å². The van der Waals surface area contributed by atoms with Crippen LogP contribution in [-0.2, 0) is 21.8 Å². The molecule has 1 unspecified atom stereocenters. The van der Waals surface area contributed by atoms with Gasteiger partial charge in [-0.2, -0.15) is 0 Å². The predicted octanol–water partition coefficient (Wildman–Crippen LogP) is 1.86. The fourth-order valence-electron chi connectivity index (χ4n) is 4.26. The van der Waals surface area contributed by atoms with Crippen molar-refractivity contribution >= 4 is 11.8 Å². The highest BCUT2D eigenvalue weighted by Gasteiger charge is 2.68. The van der Waals surface area contributed by atoms with Crippen molar-refractivity contribution in [3.63, 3.8) is 0 Å². The highest BCUT2D eigenvalue weighted by molar-refractivity contribution is 6.10. The summed E-state index contributed by atoms with van der Waals surface area (Å²) >= 11 is 0. The molecule has 1 saturated heterocycles. The Morgan fingerprint density at radius 3 is 2.50 bits per heavy atom. The number of ether oxygens (including phenoxy) is 1. The lowest BCUT2D eigenvalue weighted by Crippen LogP contribution is -2.46. The summed E-state index contributed by atoms with van der Waals surface area (Å²) < 4.78 is 5.55. The van der Waals surface area contributed by atoms with Gasteiger partial charge >= 0.3 is 17.4 Å². The topological polar surface area (TPSA) is 93.0 Å². The van der Waals surface area contributed by atoms with Crippen LogP contribution >= 0.6 is 0 Å². The molecule has 28 heavy (non-hydrogen) atoms.